The highest BCUT2D eigenvalue weighted by molar-refractivity contribution is 7.20. The molecule has 4 rings (SSSR count). The Hall–Kier alpha value is -3.46. The number of esters is 1. The Kier molecular flexibility index (Phi) is 5.13. The summed E-state index contributed by atoms with van der Waals surface area (Å²) in [6, 6.07) is 15.3. The van der Waals surface area contributed by atoms with E-state index in [1.54, 1.807) is 0 Å². The molecule has 0 saturated carbocycles. The van der Waals surface area contributed by atoms with Crippen LogP contribution in [0.15, 0.2) is 48.5 Å². The van der Waals surface area contributed by atoms with E-state index in [2.05, 4.69) is 20.4 Å². The van der Waals surface area contributed by atoms with E-state index in [1.165, 1.54) is 16.0 Å². The van der Waals surface area contributed by atoms with Crippen molar-refractivity contribution in [1.82, 2.24) is 19.7 Å². The lowest BCUT2D eigenvalue weighted by atomic mass is 10.1. The molecule has 0 unspecified atom stereocenters. The minimum Gasteiger partial charge on any atom is -0.460 e. The molecule has 9 heteroatoms. The van der Waals surface area contributed by atoms with Gasteiger partial charge in [0.25, 0.3) is 0 Å². The van der Waals surface area contributed by atoms with Crippen molar-refractivity contribution in [3.8, 4) is 5.13 Å². The predicted molar refractivity (Wildman–Crippen MR) is 118 cm³/mol. The summed E-state index contributed by atoms with van der Waals surface area (Å²) >= 11 is 1.49. The van der Waals surface area contributed by atoms with Crippen molar-refractivity contribution < 1.29 is 9.53 Å². The van der Waals surface area contributed by atoms with Gasteiger partial charge in [-0.2, -0.15) is 9.67 Å². The average molecular weight is 423 g/mol. The summed E-state index contributed by atoms with van der Waals surface area (Å²) in [5.41, 5.74) is 8.09. The summed E-state index contributed by atoms with van der Waals surface area (Å²) < 4.78 is 7.92. The Balaban J connectivity index is 1.46. The van der Waals surface area contributed by atoms with Crippen LogP contribution in [0.5, 0.6) is 0 Å². The number of nitrogens with two attached hydrogens (primary N) is 1. The van der Waals surface area contributed by atoms with Gasteiger partial charge in [-0.05, 0) is 50.6 Å². The van der Waals surface area contributed by atoms with Crippen molar-refractivity contribution in [2.75, 3.05) is 11.1 Å². The average Bonchev–Trinajstić information content (AvgIpc) is 3.24. The fourth-order valence-corrected chi connectivity index (χ4v) is 3.77. The van der Waals surface area contributed by atoms with Crippen LogP contribution in [0.1, 0.15) is 26.3 Å². The van der Waals surface area contributed by atoms with Crippen molar-refractivity contribution in [1.29, 1.82) is 0 Å². The molecule has 0 bridgehead atoms. The zero-order chi connectivity index (χ0) is 21.3. The second kappa shape index (κ2) is 7.75. The van der Waals surface area contributed by atoms with Gasteiger partial charge in [-0.1, -0.05) is 35.6 Å². The second-order valence-electron chi connectivity index (χ2n) is 7.75. The quantitative estimate of drug-likeness (QED) is 0.466. The van der Waals surface area contributed by atoms with Gasteiger partial charge in [0.2, 0.25) is 17.0 Å². The minimum atomic E-state index is -0.494. The van der Waals surface area contributed by atoms with Crippen LogP contribution in [0.25, 0.3) is 15.3 Å². The zero-order valence-corrected chi connectivity index (χ0v) is 17.7. The number of nitrogen functional groups attached to an aromatic ring is 1. The third-order valence-corrected chi connectivity index (χ3v) is 5.09. The molecule has 0 radical (unpaired) electrons. The van der Waals surface area contributed by atoms with Crippen LogP contribution < -0.4 is 11.1 Å². The largest absolute Gasteiger partial charge is 0.460 e. The number of carbonyl (C=O) groups excluding carboxylic acids is 1. The number of fused-ring (bicyclic) bond motifs is 1. The maximum atomic E-state index is 12.0. The highest BCUT2D eigenvalue weighted by Gasteiger charge is 2.17. The van der Waals surface area contributed by atoms with E-state index in [-0.39, 0.29) is 18.3 Å². The fraction of sp³-hybridized carbons (Fsp3) is 0.238. The van der Waals surface area contributed by atoms with E-state index in [0.29, 0.717) is 11.1 Å². The molecule has 154 valence electrons. The standard InChI is InChI=1S/C21H22N6O2S/c1-21(2,3)29-17(28)12-13-8-10-14(11-9-13)23-19-25-18(22)27(26-19)20-24-15-6-4-5-7-16(15)30-20/h4-11H,12H2,1-3H3,(H3,22,23,25,26). The number of aromatic nitrogens is 4. The van der Waals surface area contributed by atoms with E-state index in [9.17, 15) is 4.79 Å². The molecule has 2 heterocycles. The fourth-order valence-electron chi connectivity index (χ4n) is 2.85. The summed E-state index contributed by atoms with van der Waals surface area (Å²) in [7, 11) is 0. The first-order chi connectivity index (χ1) is 14.3. The van der Waals surface area contributed by atoms with Crippen LogP contribution in [0.4, 0.5) is 17.6 Å². The van der Waals surface area contributed by atoms with E-state index >= 15 is 0 Å². The molecule has 0 amide bonds. The molecule has 2 aromatic carbocycles. The Morgan fingerprint density at radius 3 is 2.57 bits per heavy atom. The van der Waals surface area contributed by atoms with Crippen LogP contribution in [-0.4, -0.2) is 31.3 Å². The highest BCUT2D eigenvalue weighted by Crippen LogP contribution is 2.26. The van der Waals surface area contributed by atoms with Gasteiger partial charge in [-0.15, -0.1) is 5.10 Å². The van der Waals surface area contributed by atoms with Crippen molar-refractivity contribution in [2.24, 2.45) is 0 Å². The van der Waals surface area contributed by atoms with Gasteiger partial charge in [0.05, 0.1) is 16.6 Å². The van der Waals surface area contributed by atoms with Gasteiger partial charge in [0.1, 0.15) is 5.60 Å². The Morgan fingerprint density at radius 2 is 1.87 bits per heavy atom. The number of para-hydroxylation sites is 1. The number of thiazole rings is 1. The number of nitrogens with zero attached hydrogens (tertiary/aromatic N) is 4. The lowest BCUT2D eigenvalue weighted by Gasteiger charge is -2.19. The Morgan fingerprint density at radius 1 is 1.13 bits per heavy atom. The van der Waals surface area contributed by atoms with E-state index in [1.807, 2.05) is 69.3 Å². The summed E-state index contributed by atoms with van der Waals surface area (Å²) in [5.74, 6) is 0.358. The van der Waals surface area contributed by atoms with E-state index in [0.717, 1.165) is 21.5 Å². The molecule has 8 nitrogen and oxygen atoms in total. The molecule has 30 heavy (non-hydrogen) atoms. The number of carbonyl (C=O) groups is 1. The molecule has 0 aliphatic rings. The van der Waals surface area contributed by atoms with E-state index in [4.69, 9.17) is 10.5 Å². The molecule has 0 aliphatic heterocycles. The van der Waals surface area contributed by atoms with Gasteiger partial charge in [0.15, 0.2) is 0 Å². The maximum Gasteiger partial charge on any atom is 0.310 e. The molecule has 3 N–H and O–H groups in total. The molecular formula is C21H22N6O2S. The first kappa shape index (κ1) is 19.8. The van der Waals surface area contributed by atoms with Crippen LogP contribution in [0.3, 0.4) is 0 Å². The van der Waals surface area contributed by atoms with Crippen LogP contribution >= 0.6 is 11.3 Å². The molecule has 4 aromatic rings. The van der Waals surface area contributed by atoms with Crippen molar-refractivity contribution in [3.63, 3.8) is 0 Å². The van der Waals surface area contributed by atoms with Gasteiger partial charge >= 0.3 is 5.97 Å². The second-order valence-corrected chi connectivity index (χ2v) is 8.76. The molecule has 0 aliphatic carbocycles. The Labute approximate surface area is 177 Å². The first-order valence-corrected chi connectivity index (χ1v) is 10.2. The zero-order valence-electron chi connectivity index (χ0n) is 16.9. The van der Waals surface area contributed by atoms with Crippen LogP contribution in [0, 0.1) is 0 Å². The highest BCUT2D eigenvalue weighted by atomic mass is 32.1. The monoisotopic (exact) mass is 422 g/mol. The van der Waals surface area contributed by atoms with Gasteiger partial charge in [-0.25, -0.2) is 4.98 Å². The van der Waals surface area contributed by atoms with Crippen LogP contribution in [-0.2, 0) is 16.0 Å². The van der Waals surface area contributed by atoms with Gasteiger partial charge in [-0.3, -0.25) is 4.79 Å². The number of anilines is 3. The SMILES string of the molecule is CC(C)(C)OC(=O)Cc1ccc(Nc2nc(N)n(-c3nc4ccccc4s3)n2)cc1. The smallest absolute Gasteiger partial charge is 0.310 e. The summed E-state index contributed by atoms with van der Waals surface area (Å²) in [6.45, 7) is 5.55. The minimum absolute atomic E-state index is 0.217. The summed E-state index contributed by atoms with van der Waals surface area (Å²) in [6.07, 6.45) is 0.217. The maximum absolute atomic E-state index is 12.0. The molecule has 0 fully saturated rings. The van der Waals surface area contributed by atoms with Crippen LogP contribution in [0.2, 0.25) is 0 Å². The topological polar surface area (TPSA) is 108 Å². The van der Waals surface area contributed by atoms with Crippen molar-refractivity contribution >= 4 is 45.1 Å². The number of nitrogens with one attached hydrogen (secondary N) is 1. The lowest BCUT2D eigenvalue weighted by Crippen LogP contribution is -2.24. The molecule has 0 spiro atoms. The molecule has 0 atom stereocenters. The lowest BCUT2D eigenvalue weighted by molar-refractivity contribution is -0.153. The molecule has 0 saturated heterocycles. The number of ether oxygens (including phenoxy) is 1. The normalized spacial score (nSPS) is 11.6. The predicted octanol–water partition coefficient (Wildman–Crippen LogP) is 4.09. The van der Waals surface area contributed by atoms with Gasteiger partial charge in [0, 0.05) is 5.69 Å². The van der Waals surface area contributed by atoms with Crippen molar-refractivity contribution in [2.45, 2.75) is 32.8 Å². The third-order valence-electron chi connectivity index (χ3n) is 4.07. The first-order valence-electron chi connectivity index (χ1n) is 9.43. The summed E-state index contributed by atoms with van der Waals surface area (Å²) in [5, 5.41) is 8.20. The Bertz CT molecular complexity index is 1160. The summed E-state index contributed by atoms with van der Waals surface area (Å²) in [4.78, 5) is 20.8. The third kappa shape index (κ3) is 4.57. The molecular weight excluding hydrogens is 400 g/mol. The van der Waals surface area contributed by atoms with E-state index < -0.39 is 5.60 Å². The molecule has 2 aromatic heterocycles. The number of hydrogen-bond acceptors (Lipinski definition) is 8. The number of rotatable bonds is 5. The van der Waals surface area contributed by atoms with Crippen molar-refractivity contribution in [3.05, 3.63) is 54.1 Å². The number of benzene rings is 2. The van der Waals surface area contributed by atoms with Gasteiger partial charge < -0.3 is 15.8 Å². The number of hydrogen-bond donors (Lipinski definition) is 2.